The molecule has 88 valence electrons. The largest absolute Gasteiger partial charge is 0.391 e. The molecule has 4 heteroatoms. The summed E-state index contributed by atoms with van der Waals surface area (Å²) in [5.41, 5.74) is 0. The first-order valence-electron chi connectivity index (χ1n) is 5.86. The normalized spacial score (nSPS) is 33.0. The average molecular weight is 221 g/mol. The summed E-state index contributed by atoms with van der Waals surface area (Å²) >= 11 is 0. The van der Waals surface area contributed by atoms with Crippen molar-refractivity contribution in [2.45, 2.75) is 50.7 Å². The average Bonchev–Trinajstić information content (AvgIpc) is 2.97. The van der Waals surface area contributed by atoms with Gasteiger partial charge in [0.25, 0.3) is 0 Å². The summed E-state index contributed by atoms with van der Waals surface area (Å²) in [5.74, 6) is -0.557. The standard InChI is InChI=1S/C11H18F3N/c12-11(13,14)9-3-1-8(2-4-9)7-15-10-5-6-10/h8-10,15H,1-7H2. The number of halogens is 3. The second kappa shape index (κ2) is 4.32. The molecule has 2 saturated carbocycles. The molecule has 0 aliphatic heterocycles. The topological polar surface area (TPSA) is 12.0 Å². The van der Waals surface area contributed by atoms with E-state index in [2.05, 4.69) is 5.32 Å². The van der Waals surface area contributed by atoms with Crippen molar-refractivity contribution in [3.8, 4) is 0 Å². The number of rotatable bonds is 3. The highest BCUT2D eigenvalue weighted by Crippen LogP contribution is 2.39. The van der Waals surface area contributed by atoms with E-state index >= 15 is 0 Å². The molecule has 0 saturated heterocycles. The Bertz CT molecular complexity index is 202. The fourth-order valence-electron chi connectivity index (χ4n) is 2.31. The van der Waals surface area contributed by atoms with E-state index in [0.29, 0.717) is 24.8 Å². The van der Waals surface area contributed by atoms with E-state index in [9.17, 15) is 13.2 Å². The maximum Gasteiger partial charge on any atom is 0.391 e. The Hall–Kier alpha value is -0.250. The van der Waals surface area contributed by atoms with Crippen LogP contribution >= 0.6 is 0 Å². The summed E-state index contributed by atoms with van der Waals surface area (Å²) in [6, 6.07) is 0.672. The van der Waals surface area contributed by atoms with Crippen molar-refractivity contribution in [3.05, 3.63) is 0 Å². The van der Waals surface area contributed by atoms with Crippen LogP contribution in [0.1, 0.15) is 38.5 Å². The van der Waals surface area contributed by atoms with E-state index in [0.717, 1.165) is 19.4 Å². The highest BCUT2D eigenvalue weighted by atomic mass is 19.4. The van der Waals surface area contributed by atoms with Gasteiger partial charge in [0.15, 0.2) is 0 Å². The first kappa shape index (κ1) is 11.2. The maximum absolute atomic E-state index is 12.4. The lowest BCUT2D eigenvalue weighted by molar-refractivity contribution is -0.183. The maximum atomic E-state index is 12.4. The Labute approximate surface area is 88.4 Å². The molecule has 2 fully saturated rings. The minimum Gasteiger partial charge on any atom is -0.314 e. The van der Waals surface area contributed by atoms with Crippen LogP contribution in [0, 0.1) is 11.8 Å². The third-order valence-corrected chi connectivity index (χ3v) is 3.58. The molecule has 0 radical (unpaired) electrons. The Morgan fingerprint density at radius 1 is 0.933 bits per heavy atom. The van der Waals surface area contributed by atoms with Gasteiger partial charge in [-0.05, 0) is 51.0 Å². The van der Waals surface area contributed by atoms with Crippen LogP contribution in [0.2, 0.25) is 0 Å². The van der Waals surface area contributed by atoms with Crippen molar-refractivity contribution < 1.29 is 13.2 Å². The van der Waals surface area contributed by atoms with Crippen molar-refractivity contribution in [2.24, 2.45) is 11.8 Å². The van der Waals surface area contributed by atoms with Crippen LogP contribution in [0.15, 0.2) is 0 Å². The minimum atomic E-state index is -3.96. The predicted octanol–water partition coefficient (Wildman–Crippen LogP) is 3.11. The van der Waals surface area contributed by atoms with Crippen molar-refractivity contribution in [1.29, 1.82) is 0 Å². The fraction of sp³-hybridized carbons (Fsp3) is 1.00. The molecule has 0 aromatic heterocycles. The van der Waals surface area contributed by atoms with Gasteiger partial charge in [0.05, 0.1) is 5.92 Å². The first-order valence-corrected chi connectivity index (χ1v) is 5.86. The van der Waals surface area contributed by atoms with Gasteiger partial charge in [-0.15, -0.1) is 0 Å². The van der Waals surface area contributed by atoms with Crippen LogP contribution in [-0.4, -0.2) is 18.8 Å². The van der Waals surface area contributed by atoms with E-state index in [1.54, 1.807) is 0 Å². The zero-order valence-electron chi connectivity index (χ0n) is 8.82. The van der Waals surface area contributed by atoms with Crippen LogP contribution < -0.4 is 5.32 Å². The van der Waals surface area contributed by atoms with Crippen molar-refractivity contribution in [1.82, 2.24) is 5.32 Å². The summed E-state index contributed by atoms with van der Waals surface area (Å²) in [5, 5.41) is 3.40. The smallest absolute Gasteiger partial charge is 0.314 e. The molecule has 1 N–H and O–H groups in total. The van der Waals surface area contributed by atoms with Crippen LogP contribution in [0.4, 0.5) is 13.2 Å². The minimum absolute atomic E-state index is 0.334. The highest BCUT2D eigenvalue weighted by molar-refractivity contribution is 4.84. The van der Waals surface area contributed by atoms with E-state index in [1.165, 1.54) is 12.8 Å². The van der Waals surface area contributed by atoms with Gasteiger partial charge in [-0.3, -0.25) is 0 Å². The van der Waals surface area contributed by atoms with E-state index in [-0.39, 0.29) is 0 Å². The van der Waals surface area contributed by atoms with Gasteiger partial charge in [0, 0.05) is 6.04 Å². The molecule has 1 nitrogen and oxygen atoms in total. The van der Waals surface area contributed by atoms with Gasteiger partial charge in [-0.2, -0.15) is 13.2 Å². The molecule has 2 aliphatic carbocycles. The second-order valence-electron chi connectivity index (χ2n) is 4.94. The number of nitrogens with one attached hydrogen (secondary N) is 1. The second-order valence-corrected chi connectivity index (χ2v) is 4.94. The fourth-order valence-corrected chi connectivity index (χ4v) is 2.31. The van der Waals surface area contributed by atoms with Crippen LogP contribution in [0.5, 0.6) is 0 Å². The van der Waals surface area contributed by atoms with Gasteiger partial charge >= 0.3 is 6.18 Å². The lowest BCUT2D eigenvalue weighted by Crippen LogP contribution is -2.32. The quantitative estimate of drug-likeness (QED) is 0.772. The lowest BCUT2D eigenvalue weighted by Gasteiger charge is -2.29. The highest BCUT2D eigenvalue weighted by Gasteiger charge is 2.41. The number of hydrogen-bond donors (Lipinski definition) is 1. The van der Waals surface area contributed by atoms with Gasteiger partial charge in [0.1, 0.15) is 0 Å². The number of hydrogen-bond acceptors (Lipinski definition) is 1. The van der Waals surface area contributed by atoms with Crippen molar-refractivity contribution in [3.63, 3.8) is 0 Å². The van der Waals surface area contributed by atoms with E-state index in [1.807, 2.05) is 0 Å². The van der Waals surface area contributed by atoms with Crippen molar-refractivity contribution >= 4 is 0 Å². The molecule has 0 aromatic carbocycles. The SMILES string of the molecule is FC(F)(F)C1CCC(CNC2CC2)CC1. The zero-order valence-corrected chi connectivity index (χ0v) is 8.82. The van der Waals surface area contributed by atoms with Crippen LogP contribution in [-0.2, 0) is 0 Å². The third-order valence-electron chi connectivity index (χ3n) is 3.58. The molecule has 0 unspecified atom stereocenters. The Morgan fingerprint density at radius 2 is 1.53 bits per heavy atom. The Kier molecular flexibility index (Phi) is 3.24. The van der Waals surface area contributed by atoms with Crippen LogP contribution in [0.3, 0.4) is 0 Å². The van der Waals surface area contributed by atoms with E-state index in [4.69, 9.17) is 0 Å². The van der Waals surface area contributed by atoms with Gasteiger partial charge in [0.2, 0.25) is 0 Å². The summed E-state index contributed by atoms with van der Waals surface area (Å²) in [6.45, 7) is 0.926. The van der Waals surface area contributed by atoms with Crippen LogP contribution in [0.25, 0.3) is 0 Å². The Morgan fingerprint density at radius 3 is 2.00 bits per heavy atom. The van der Waals surface area contributed by atoms with Gasteiger partial charge in [-0.25, -0.2) is 0 Å². The van der Waals surface area contributed by atoms with Crippen molar-refractivity contribution in [2.75, 3.05) is 6.54 Å². The van der Waals surface area contributed by atoms with E-state index < -0.39 is 12.1 Å². The summed E-state index contributed by atoms with van der Waals surface area (Å²) in [7, 11) is 0. The molecule has 0 aromatic rings. The lowest BCUT2D eigenvalue weighted by atomic mass is 9.81. The molecular weight excluding hydrogens is 203 g/mol. The third kappa shape index (κ3) is 3.37. The first-order chi connectivity index (χ1) is 7.05. The number of alkyl halides is 3. The summed E-state index contributed by atoms with van der Waals surface area (Å²) in [6.07, 6.45) is 0.680. The molecule has 2 aliphatic rings. The van der Waals surface area contributed by atoms with Gasteiger partial charge in [-0.1, -0.05) is 0 Å². The molecule has 0 atom stereocenters. The molecule has 0 bridgehead atoms. The molecule has 0 spiro atoms. The molecule has 2 rings (SSSR count). The summed E-state index contributed by atoms with van der Waals surface area (Å²) in [4.78, 5) is 0. The molecule has 0 amide bonds. The summed E-state index contributed by atoms with van der Waals surface area (Å²) < 4.78 is 37.1. The Balaban J connectivity index is 1.67. The molecular formula is C11H18F3N. The molecule has 15 heavy (non-hydrogen) atoms. The monoisotopic (exact) mass is 221 g/mol. The zero-order chi connectivity index (χ0) is 10.9. The van der Waals surface area contributed by atoms with Gasteiger partial charge < -0.3 is 5.32 Å². The predicted molar refractivity (Wildman–Crippen MR) is 52.5 cm³/mol. The molecule has 0 heterocycles.